The molecule has 0 aliphatic heterocycles. The first-order valence-electron chi connectivity index (χ1n) is 5.65. The first-order valence-corrected chi connectivity index (χ1v) is 9.31. The van der Waals surface area contributed by atoms with Crippen LogP contribution < -0.4 is 4.72 Å². The molecule has 1 aromatic rings. The van der Waals surface area contributed by atoms with E-state index < -0.39 is 10.0 Å². The molecule has 0 amide bonds. The van der Waals surface area contributed by atoms with Crippen LogP contribution >= 0.6 is 27.3 Å². The Labute approximate surface area is 115 Å². The third kappa shape index (κ3) is 3.10. The quantitative estimate of drug-likeness (QED) is 0.839. The van der Waals surface area contributed by atoms with Crippen molar-refractivity contribution in [3.8, 4) is 0 Å². The SMILES string of the molecule is O=S(=O)(CBr)NCC1(c2cccs2)CCCC1. The molecular formula is C11H16BrNO2S2. The lowest BCUT2D eigenvalue weighted by atomic mass is 9.85. The molecule has 0 saturated heterocycles. The molecule has 1 aromatic heterocycles. The molecule has 0 bridgehead atoms. The van der Waals surface area contributed by atoms with Gasteiger partial charge in [-0.1, -0.05) is 34.8 Å². The van der Waals surface area contributed by atoms with E-state index in [9.17, 15) is 8.42 Å². The van der Waals surface area contributed by atoms with Gasteiger partial charge >= 0.3 is 0 Å². The summed E-state index contributed by atoms with van der Waals surface area (Å²) in [6.07, 6.45) is 4.54. The number of hydrogen-bond acceptors (Lipinski definition) is 3. The van der Waals surface area contributed by atoms with Crippen molar-refractivity contribution < 1.29 is 8.42 Å². The molecular weight excluding hydrogens is 322 g/mol. The van der Waals surface area contributed by atoms with Crippen LogP contribution in [0.25, 0.3) is 0 Å². The van der Waals surface area contributed by atoms with E-state index in [0.29, 0.717) is 6.54 Å². The number of halogens is 1. The van der Waals surface area contributed by atoms with Crippen LogP contribution in [0.3, 0.4) is 0 Å². The zero-order valence-corrected chi connectivity index (χ0v) is 12.7. The Hall–Kier alpha value is 0.0900. The van der Waals surface area contributed by atoms with Crippen molar-refractivity contribution in [3.63, 3.8) is 0 Å². The van der Waals surface area contributed by atoms with Gasteiger partial charge in [0.25, 0.3) is 0 Å². The van der Waals surface area contributed by atoms with E-state index >= 15 is 0 Å². The average Bonchev–Trinajstić information content (AvgIpc) is 2.98. The van der Waals surface area contributed by atoms with E-state index in [0.717, 1.165) is 12.8 Å². The van der Waals surface area contributed by atoms with Crippen molar-refractivity contribution in [3.05, 3.63) is 22.4 Å². The lowest BCUT2D eigenvalue weighted by molar-refractivity contribution is 0.441. The Balaban J connectivity index is 2.14. The first kappa shape index (κ1) is 13.5. The molecule has 1 fully saturated rings. The minimum atomic E-state index is -3.16. The van der Waals surface area contributed by atoms with Gasteiger partial charge in [-0.05, 0) is 24.3 Å². The fraction of sp³-hybridized carbons (Fsp3) is 0.636. The molecule has 0 atom stereocenters. The third-order valence-corrected chi connectivity index (χ3v) is 7.17. The lowest BCUT2D eigenvalue weighted by Gasteiger charge is -2.27. The van der Waals surface area contributed by atoms with Crippen LogP contribution in [0.15, 0.2) is 17.5 Å². The topological polar surface area (TPSA) is 46.2 Å². The Morgan fingerprint density at radius 2 is 2.12 bits per heavy atom. The second-order valence-corrected chi connectivity index (χ2v) is 8.57. The van der Waals surface area contributed by atoms with Gasteiger partial charge < -0.3 is 0 Å². The van der Waals surface area contributed by atoms with Gasteiger partial charge in [0.1, 0.15) is 4.66 Å². The summed E-state index contributed by atoms with van der Waals surface area (Å²) < 4.78 is 25.7. The van der Waals surface area contributed by atoms with E-state index in [4.69, 9.17) is 0 Å². The Morgan fingerprint density at radius 1 is 1.41 bits per heavy atom. The van der Waals surface area contributed by atoms with Crippen LogP contribution in [0, 0.1) is 0 Å². The first-order chi connectivity index (χ1) is 8.08. The van der Waals surface area contributed by atoms with Crippen molar-refractivity contribution in [1.82, 2.24) is 4.72 Å². The van der Waals surface area contributed by atoms with Crippen molar-refractivity contribution in [2.24, 2.45) is 0 Å². The molecule has 1 heterocycles. The number of rotatable bonds is 5. The number of hydrogen-bond donors (Lipinski definition) is 1. The van der Waals surface area contributed by atoms with Crippen molar-refractivity contribution in [1.29, 1.82) is 0 Å². The predicted octanol–water partition coefficient (Wildman–Crippen LogP) is 2.83. The van der Waals surface area contributed by atoms with Gasteiger partial charge in [0.15, 0.2) is 0 Å². The highest BCUT2D eigenvalue weighted by Crippen LogP contribution is 2.42. The molecule has 6 heteroatoms. The number of alkyl halides is 1. The van der Waals surface area contributed by atoms with E-state index in [1.54, 1.807) is 11.3 Å². The second-order valence-electron chi connectivity index (χ2n) is 4.51. The highest BCUT2D eigenvalue weighted by Gasteiger charge is 2.37. The smallest absolute Gasteiger partial charge is 0.214 e. The number of sulfonamides is 1. The summed E-state index contributed by atoms with van der Waals surface area (Å²) in [5.41, 5.74) is 0.0312. The molecule has 96 valence electrons. The molecule has 2 rings (SSSR count). The lowest BCUT2D eigenvalue weighted by Crippen LogP contribution is -2.38. The molecule has 17 heavy (non-hydrogen) atoms. The van der Waals surface area contributed by atoms with Gasteiger partial charge in [-0.3, -0.25) is 0 Å². The Morgan fingerprint density at radius 3 is 2.65 bits per heavy atom. The van der Waals surface area contributed by atoms with Crippen LogP contribution in [-0.2, 0) is 15.4 Å². The summed E-state index contributed by atoms with van der Waals surface area (Å²) in [7, 11) is -3.16. The number of thiophene rings is 1. The monoisotopic (exact) mass is 337 g/mol. The highest BCUT2D eigenvalue weighted by molar-refractivity contribution is 9.10. The van der Waals surface area contributed by atoms with Gasteiger partial charge in [0.05, 0.1) is 0 Å². The van der Waals surface area contributed by atoms with Crippen LogP contribution in [0.2, 0.25) is 0 Å². The van der Waals surface area contributed by atoms with Gasteiger partial charge in [-0.15, -0.1) is 11.3 Å². The largest absolute Gasteiger partial charge is 0.221 e. The summed E-state index contributed by atoms with van der Waals surface area (Å²) in [6.45, 7) is 0.529. The second kappa shape index (κ2) is 5.38. The van der Waals surface area contributed by atoms with E-state index in [2.05, 4.69) is 32.1 Å². The van der Waals surface area contributed by atoms with Gasteiger partial charge in [0, 0.05) is 16.8 Å². The third-order valence-electron chi connectivity index (χ3n) is 3.38. The van der Waals surface area contributed by atoms with Crippen molar-refractivity contribution >= 4 is 37.3 Å². The minimum Gasteiger partial charge on any atom is -0.214 e. The summed E-state index contributed by atoms with van der Waals surface area (Å²) >= 11 is 4.73. The normalized spacial score (nSPS) is 19.6. The molecule has 0 unspecified atom stereocenters. The molecule has 1 N–H and O–H groups in total. The molecule has 1 aliphatic carbocycles. The standard InChI is InChI=1S/C11H16BrNO2S2/c12-9-17(14,15)13-8-11(5-1-2-6-11)10-4-3-7-16-10/h3-4,7,13H,1-2,5-6,8-9H2. The Kier molecular flexibility index (Phi) is 4.28. The number of nitrogens with one attached hydrogen (secondary N) is 1. The molecule has 0 radical (unpaired) electrons. The summed E-state index contributed by atoms with van der Waals surface area (Å²) in [5, 5.41) is 2.06. The van der Waals surface area contributed by atoms with Gasteiger partial charge in [0.2, 0.25) is 10.0 Å². The Bertz CT molecular complexity index is 450. The summed E-state index contributed by atoms with van der Waals surface area (Å²) in [6, 6.07) is 4.16. The molecule has 3 nitrogen and oxygen atoms in total. The van der Waals surface area contributed by atoms with E-state index in [1.165, 1.54) is 17.7 Å². The van der Waals surface area contributed by atoms with E-state index in [1.807, 2.05) is 6.07 Å². The fourth-order valence-electron chi connectivity index (χ4n) is 2.43. The maximum Gasteiger partial charge on any atom is 0.221 e. The van der Waals surface area contributed by atoms with Gasteiger partial charge in [-0.2, -0.15) is 0 Å². The van der Waals surface area contributed by atoms with Crippen molar-refractivity contribution in [2.45, 2.75) is 31.1 Å². The molecule has 0 spiro atoms. The van der Waals surface area contributed by atoms with E-state index in [-0.39, 0.29) is 10.1 Å². The minimum absolute atomic E-state index is 0.0273. The molecule has 0 aromatic carbocycles. The van der Waals surface area contributed by atoms with Crippen LogP contribution in [0.1, 0.15) is 30.6 Å². The fourth-order valence-corrected chi connectivity index (χ4v) is 4.48. The van der Waals surface area contributed by atoms with Crippen LogP contribution in [0.5, 0.6) is 0 Å². The van der Waals surface area contributed by atoms with Crippen LogP contribution in [0.4, 0.5) is 0 Å². The summed E-state index contributed by atoms with van der Waals surface area (Å²) in [4.78, 5) is 1.31. The molecule has 1 aliphatic rings. The zero-order chi connectivity index (χ0) is 12.4. The molecule has 1 saturated carbocycles. The van der Waals surface area contributed by atoms with Crippen molar-refractivity contribution in [2.75, 3.05) is 11.2 Å². The van der Waals surface area contributed by atoms with Gasteiger partial charge in [-0.25, -0.2) is 13.1 Å². The zero-order valence-electron chi connectivity index (χ0n) is 9.49. The summed E-state index contributed by atoms with van der Waals surface area (Å²) in [5.74, 6) is 0. The highest BCUT2D eigenvalue weighted by atomic mass is 79.9. The maximum atomic E-state index is 11.5. The van der Waals surface area contributed by atoms with Crippen LogP contribution in [-0.4, -0.2) is 19.6 Å². The predicted molar refractivity (Wildman–Crippen MR) is 75.2 cm³/mol. The average molecular weight is 338 g/mol. The maximum absolute atomic E-state index is 11.5.